The first-order chi connectivity index (χ1) is 15.9. The second-order valence-electron chi connectivity index (χ2n) is 8.86. The number of hydrogen-bond donors (Lipinski definition) is 1. The largest absolute Gasteiger partial charge is 0.361 e. The van der Waals surface area contributed by atoms with E-state index >= 15 is 0 Å². The predicted octanol–water partition coefficient (Wildman–Crippen LogP) is 4.02. The maximum atomic E-state index is 13.0. The minimum absolute atomic E-state index is 0.00901. The average Bonchev–Trinajstić information content (AvgIpc) is 3.01. The van der Waals surface area contributed by atoms with Crippen LogP contribution < -0.4 is 5.32 Å². The number of aromatic nitrogens is 1. The van der Waals surface area contributed by atoms with Crippen LogP contribution in [-0.2, 0) is 22.4 Å². The summed E-state index contributed by atoms with van der Waals surface area (Å²) in [6.45, 7) is 7.27. The summed E-state index contributed by atoms with van der Waals surface area (Å²) in [6.07, 6.45) is 1.56. The van der Waals surface area contributed by atoms with Gasteiger partial charge in [0.15, 0.2) is 0 Å². The van der Waals surface area contributed by atoms with Crippen molar-refractivity contribution in [2.24, 2.45) is 5.92 Å². The van der Waals surface area contributed by atoms with Gasteiger partial charge in [-0.2, -0.15) is 0 Å². The molecule has 0 unspecified atom stereocenters. The van der Waals surface area contributed by atoms with Crippen molar-refractivity contribution in [3.63, 3.8) is 0 Å². The number of hydrogen-bond acceptors (Lipinski definition) is 4. The Morgan fingerprint density at radius 1 is 1.12 bits per heavy atom. The molecule has 6 nitrogen and oxygen atoms in total. The molecule has 1 N–H and O–H groups in total. The third-order valence-corrected chi connectivity index (χ3v) is 6.46. The molecule has 1 fully saturated rings. The summed E-state index contributed by atoms with van der Waals surface area (Å²) in [5, 5.41) is 6.97. The Bertz CT molecular complexity index is 1110. The van der Waals surface area contributed by atoms with E-state index in [1.54, 1.807) is 0 Å². The fourth-order valence-electron chi connectivity index (χ4n) is 4.51. The first-order valence-corrected chi connectivity index (χ1v) is 11.5. The molecular weight excluding hydrogens is 414 g/mol. The van der Waals surface area contributed by atoms with Crippen LogP contribution in [0.1, 0.15) is 34.6 Å². The average molecular weight is 446 g/mol. The van der Waals surface area contributed by atoms with Crippen molar-refractivity contribution in [3.05, 3.63) is 76.7 Å². The van der Waals surface area contributed by atoms with Crippen LogP contribution in [0.2, 0.25) is 0 Å². The fraction of sp³-hybridized carbons (Fsp3) is 0.370. The molecule has 6 heteroatoms. The van der Waals surface area contributed by atoms with E-state index in [-0.39, 0.29) is 17.7 Å². The van der Waals surface area contributed by atoms with E-state index in [4.69, 9.17) is 4.52 Å². The van der Waals surface area contributed by atoms with E-state index in [1.165, 1.54) is 5.56 Å². The Balaban J connectivity index is 1.48. The molecule has 2 aromatic carbocycles. The number of carbonyl (C=O) groups excluding carboxylic acids is 2. The number of aryl methyl sites for hydroxylation is 3. The van der Waals surface area contributed by atoms with Crippen LogP contribution in [0.25, 0.3) is 11.1 Å². The zero-order valence-corrected chi connectivity index (χ0v) is 19.6. The highest BCUT2D eigenvalue weighted by atomic mass is 16.5. The van der Waals surface area contributed by atoms with Crippen molar-refractivity contribution in [1.29, 1.82) is 0 Å². The molecule has 172 valence electrons. The molecule has 0 aliphatic carbocycles. The second-order valence-corrected chi connectivity index (χ2v) is 8.86. The molecular formula is C27H31N3O3. The maximum Gasteiger partial charge on any atom is 0.225 e. The lowest BCUT2D eigenvalue weighted by Crippen LogP contribution is -2.37. The second kappa shape index (κ2) is 10.0. The SMILES string of the molecule is Cc1ccc(-c2ccccc2C[C@@H]2CN(C(=O)CCc3c(C)noc3C)CCNC2=O)cc1. The van der Waals surface area contributed by atoms with Crippen molar-refractivity contribution < 1.29 is 14.1 Å². The van der Waals surface area contributed by atoms with E-state index in [0.717, 1.165) is 33.7 Å². The van der Waals surface area contributed by atoms with Crippen LogP contribution in [0.4, 0.5) is 0 Å². The third-order valence-electron chi connectivity index (χ3n) is 6.46. The topological polar surface area (TPSA) is 75.4 Å². The highest BCUT2D eigenvalue weighted by Crippen LogP contribution is 2.27. The number of nitrogens with one attached hydrogen (secondary N) is 1. The van der Waals surface area contributed by atoms with Gasteiger partial charge in [0.25, 0.3) is 0 Å². The van der Waals surface area contributed by atoms with Gasteiger partial charge in [0.2, 0.25) is 11.8 Å². The van der Waals surface area contributed by atoms with Crippen molar-refractivity contribution >= 4 is 11.8 Å². The summed E-state index contributed by atoms with van der Waals surface area (Å²) in [6, 6.07) is 16.6. The van der Waals surface area contributed by atoms with Crippen LogP contribution in [0.5, 0.6) is 0 Å². The molecule has 2 amide bonds. The van der Waals surface area contributed by atoms with Gasteiger partial charge in [-0.15, -0.1) is 0 Å². The molecule has 0 bridgehead atoms. The van der Waals surface area contributed by atoms with Gasteiger partial charge in [-0.3, -0.25) is 9.59 Å². The van der Waals surface area contributed by atoms with E-state index in [1.807, 2.05) is 30.9 Å². The van der Waals surface area contributed by atoms with Crippen molar-refractivity contribution in [2.75, 3.05) is 19.6 Å². The zero-order valence-electron chi connectivity index (χ0n) is 19.6. The Morgan fingerprint density at radius 2 is 1.88 bits per heavy atom. The Morgan fingerprint density at radius 3 is 2.61 bits per heavy atom. The number of benzene rings is 2. The molecule has 1 aromatic heterocycles. The Hall–Kier alpha value is -3.41. The van der Waals surface area contributed by atoms with Gasteiger partial charge in [-0.1, -0.05) is 59.3 Å². The fourth-order valence-corrected chi connectivity index (χ4v) is 4.51. The van der Waals surface area contributed by atoms with Gasteiger partial charge in [-0.05, 0) is 50.3 Å². The van der Waals surface area contributed by atoms with E-state index in [9.17, 15) is 9.59 Å². The molecule has 4 rings (SSSR count). The minimum atomic E-state index is -0.290. The van der Waals surface area contributed by atoms with Crippen molar-refractivity contribution in [1.82, 2.24) is 15.4 Å². The molecule has 0 spiro atoms. The zero-order chi connectivity index (χ0) is 23.4. The summed E-state index contributed by atoms with van der Waals surface area (Å²) in [4.78, 5) is 27.7. The first kappa shape index (κ1) is 22.8. The molecule has 1 aliphatic heterocycles. The summed E-state index contributed by atoms with van der Waals surface area (Å²) >= 11 is 0. The smallest absolute Gasteiger partial charge is 0.225 e. The van der Waals surface area contributed by atoms with Crippen LogP contribution in [0.15, 0.2) is 53.1 Å². The Kier molecular flexibility index (Phi) is 6.92. The number of nitrogens with zero attached hydrogens (tertiary/aromatic N) is 2. The van der Waals surface area contributed by atoms with Crippen molar-refractivity contribution in [2.45, 2.75) is 40.0 Å². The van der Waals surface area contributed by atoms with Gasteiger partial charge < -0.3 is 14.7 Å². The lowest BCUT2D eigenvalue weighted by Gasteiger charge is -2.24. The molecule has 1 atom stereocenters. The minimum Gasteiger partial charge on any atom is -0.361 e. The van der Waals surface area contributed by atoms with Gasteiger partial charge >= 0.3 is 0 Å². The number of amides is 2. The Labute approximate surface area is 195 Å². The summed E-state index contributed by atoms with van der Waals surface area (Å²) in [7, 11) is 0. The van der Waals surface area contributed by atoms with Crippen LogP contribution in [0, 0.1) is 26.7 Å². The maximum absolute atomic E-state index is 13.0. The number of carbonyl (C=O) groups is 2. The van der Waals surface area contributed by atoms with E-state index in [2.05, 4.69) is 53.8 Å². The summed E-state index contributed by atoms with van der Waals surface area (Å²) < 4.78 is 5.22. The van der Waals surface area contributed by atoms with Crippen LogP contribution >= 0.6 is 0 Å². The molecule has 2 heterocycles. The monoisotopic (exact) mass is 445 g/mol. The third kappa shape index (κ3) is 5.33. The highest BCUT2D eigenvalue weighted by molar-refractivity contribution is 5.82. The molecule has 0 saturated carbocycles. The number of rotatable bonds is 6. The standard InChI is InChI=1S/C27H31N3O3/c1-18-8-10-21(11-9-18)25-7-5-4-6-22(25)16-23-17-30(15-14-28-27(23)32)26(31)13-12-24-19(2)29-33-20(24)3/h4-11,23H,12-17H2,1-3H3,(H,28,32)/t23-/m1/s1. The first-order valence-electron chi connectivity index (χ1n) is 11.5. The lowest BCUT2D eigenvalue weighted by molar-refractivity contribution is -0.132. The summed E-state index contributed by atoms with van der Waals surface area (Å²) in [5.41, 5.74) is 6.43. The van der Waals surface area contributed by atoms with Gasteiger partial charge in [0.1, 0.15) is 5.76 Å². The summed E-state index contributed by atoms with van der Waals surface area (Å²) in [5.74, 6) is 0.541. The van der Waals surface area contributed by atoms with Crippen molar-refractivity contribution in [3.8, 4) is 11.1 Å². The molecule has 1 saturated heterocycles. The van der Waals surface area contributed by atoms with Gasteiger partial charge in [0, 0.05) is 31.6 Å². The molecule has 0 radical (unpaired) electrons. The van der Waals surface area contributed by atoms with Crippen LogP contribution in [0.3, 0.4) is 0 Å². The molecule has 3 aromatic rings. The molecule has 1 aliphatic rings. The lowest BCUT2D eigenvalue weighted by atomic mass is 9.91. The van der Waals surface area contributed by atoms with Crippen LogP contribution in [-0.4, -0.2) is 41.5 Å². The quantitative estimate of drug-likeness (QED) is 0.622. The van der Waals surface area contributed by atoms with E-state index in [0.29, 0.717) is 38.9 Å². The van der Waals surface area contributed by atoms with Gasteiger partial charge in [-0.25, -0.2) is 0 Å². The highest BCUT2D eigenvalue weighted by Gasteiger charge is 2.28. The van der Waals surface area contributed by atoms with Gasteiger partial charge in [0.05, 0.1) is 11.6 Å². The normalized spacial score (nSPS) is 16.4. The van der Waals surface area contributed by atoms with E-state index < -0.39 is 0 Å². The predicted molar refractivity (Wildman–Crippen MR) is 128 cm³/mol. The molecule has 33 heavy (non-hydrogen) atoms.